The topological polar surface area (TPSA) is 88.8 Å². The smallest absolute Gasteiger partial charge is 0.330 e. The van der Waals surface area contributed by atoms with Crippen LogP contribution in [0.4, 0.5) is 5.69 Å². The van der Waals surface area contributed by atoms with E-state index < -0.39 is 24.5 Å². The Morgan fingerprint density at radius 3 is 2.70 bits per heavy atom. The standard InChI is InChI=1S/C19H20N2O5S/c1-12-6-3-4-7-14(12)20-17(23)10-26-19(24)15-11-27-18(21(15)13(2)22)16-8-5-9-25-16/h3-9,15,18H,10-11H2,1-2H3,(H,20,23)/t15-,18+/m0/s1. The molecule has 1 aromatic carbocycles. The highest BCUT2D eigenvalue weighted by atomic mass is 32.2. The number of thioether (sulfide) groups is 1. The Kier molecular flexibility index (Phi) is 5.85. The molecule has 0 radical (unpaired) electrons. The Morgan fingerprint density at radius 1 is 1.26 bits per heavy atom. The normalized spacial score (nSPS) is 19.0. The van der Waals surface area contributed by atoms with E-state index in [0.717, 1.165) is 5.56 Å². The van der Waals surface area contributed by atoms with Gasteiger partial charge in [-0.2, -0.15) is 0 Å². The maximum absolute atomic E-state index is 12.5. The zero-order valence-electron chi connectivity index (χ0n) is 15.0. The van der Waals surface area contributed by atoms with Crippen LogP contribution in [0.25, 0.3) is 0 Å². The van der Waals surface area contributed by atoms with Gasteiger partial charge in [-0.25, -0.2) is 4.79 Å². The fraction of sp³-hybridized carbons (Fsp3) is 0.316. The van der Waals surface area contributed by atoms with Crippen LogP contribution in [0.15, 0.2) is 47.1 Å². The number of nitrogens with one attached hydrogen (secondary N) is 1. The van der Waals surface area contributed by atoms with E-state index in [9.17, 15) is 14.4 Å². The van der Waals surface area contributed by atoms with Crippen molar-refractivity contribution < 1.29 is 23.5 Å². The van der Waals surface area contributed by atoms with Gasteiger partial charge in [-0.05, 0) is 30.7 Å². The summed E-state index contributed by atoms with van der Waals surface area (Å²) < 4.78 is 10.5. The Labute approximate surface area is 161 Å². The third-order valence-electron chi connectivity index (χ3n) is 4.19. The van der Waals surface area contributed by atoms with Gasteiger partial charge in [0.15, 0.2) is 6.61 Å². The summed E-state index contributed by atoms with van der Waals surface area (Å²) in [6.07, 6.45) is 1.52. The summed E-state index contributed by atoms with van der Waals surface area (Å²) in [7, 11) is 0. The summed E-state index contributed by atoms with van der Waals surface area (Å²) >= 11 is 1.42. The van der Waals surface area contributed by atoms with Gasteiger partial charge in [0, 0.05) is 18.4 Å². The zero-order chi connectivity index (χ0) is 19.4. The van der Waals surface area contributed by atoms with Gasteiger partial charge in [-0.1, -0.05) is 18.2 Å². The Hall–Kier alpha value is -2.74. The van der Waals surface area contributed by atoms with Crippen LogP contribution in [0.5, 0.6) is 0 Å². The number of esters is 1. The van der Waals surface area contributed by atoms with Crippen LogP contribution in [0.3, 0.4) is 0 Å². The number of benzene rings is 1. The molecule has 0 bridgehead atoms. The van der Waals surface area contributed by atoms with E-state index in [1.165, 1.54) is 29.8 Å². The first-order valence-corrected chi connectivity index (χ1v) is 9.48. The number of anilines is 1. The predicted molar refractivity (Wildman–Crippen MR) is 101 cm³/mol. The fourth-order valence-corrected chi connectivity index (χ4v) is 4.27. The number of para-hydroxylation sites is 1. The molecule has 2 amide bonds. The van der Waals surface area contributed by atoms with Gasteiger partial charge in [0.1, 0.15) is 17.2 Å². The summed E-state index contributed by atoms with van der Waals surface area (Å²) in [4.78, 5) is 38.0. The van der Waals surface area contributed by atoms with Gasteiger partial charge < -0.3 is 19.4 Å². The first kappa shape index (κ1) is 19.0. The number of carbonyl (C=O) groups is 3. The average Bonchev–Trinajstić information content (AvgIpc) is 3.30. The number of nitrogens with zero attached hydrogens (tertiary/aromatic N) is 1. The van der Waals surface area contributed by atoms with Crippen LogP contribution in [0.1, 0.15) is 23.6 Å². The van der Waals surface area contributed by atoms with E-state index in [-0.39, 0.29) is 11.3 Å². The summed E-state index contributed by atoms with van der Waals surface area (Å²) in [6.45, 7) is 2.86. The van der Waals surface area contributed by atoms with Gasteiger partial charge in [0.05, 0.1) is 6.26 Å². The lowest BCUT2D eigenvalue weighted by molar-refractivity contribution is -0.155. The summed E-state index contributed by atoms with van der Waals surface area (Å²) in [5, 5.41) is 2.33. The number of aryl methyl sites for hydroxylation is 1. The summed E-state index contributed by atoms with van der Waals surface area (Å²) in [6, 6.07) is 10.1. The van der Waals surface area contributed by atoms with Crippen molar-refractivity contribution in [1.29, 1.82) is 0 Å². The van der Waals surface area contributed by atoms with E-state index in [4.69, 9.17) is 9.15 Å². The van der Waals surface area contributed by atoms with E-state index in [1.807, 2.05) is 25.1 Å². The first-order chi connectivity index (χ1) is 13.0. The molecule has 0 spiro atoms. The van der Waals surface area contributed by atoms with Crippen LogP contribution in [0.2, 0.25) is 0 Å². The molecule has 142 valence electrons. The number of amides is 2. The highest BCUT2D eigenvalue weighted by Crippen LogP contribution is 2.41. The monoisotopic (exact) mass is 388 g/mol. The van der Waals surface area contributed by atoms with Crippen LogP contribution in [-0.4, -0.2) is 41.1 Å². The van der Waals surface area contributed by atoms with E-state index >= 15 is 0 Å². The second-order valence-corrected chi connectivity index (χ2v) is 7.23. The molecule has 2 heterocycles. The van der Waals surface area contributed by atoms with Crippen molar-refractivity contribution in [1.82, 2.24) is 4.90 Å². The van der Waals surface area contributed by atoms with Crippen LogP contribution < -0.4 is 5.32 Å². The predicted octanol–water partition coefficient (Wildman–Crippen LogP) is 2.73. The molecule has 2 atom stereocenters. The first-order valence-electron chi connectivity index (χ1n) is 8.43. The number of carbonyl (C=O) groups excluding carboxylic acids is 3. The fourth-order valence-electron chi connectivity index (χ4n) is 2.86. The van der Waals surface area contributed by atoms with Crippen molar-refractivity contribution in [2.45, 2.75) is 25.3 Å². The molecule has 1 aromatic heterocycles. The van der Waals surface area contributed by atoms with Crippen molar-refractivity contribution in [3.63, 3.8) is 0 Å². The van der Waals surface area contributed by atoms with Crippen molar-refractivity contribution in [3.05, 3.63) is 54.0 Å². The van der Waals surface area contributed by atoms with Crippen LogP contribution >= 0.6 is 11.8 Å². The Balaban J connectivity index is 1.59. The molecular formula is C19H20N2O5S. The van der Waals surface area contributed by atoms with Gasteiger partial charge in [0.2, 0.25) is 5.91 Å². The van der Waals surface area contributed by atoms with Crippen molar-refractivity contribution in [2.24, 2.45) is 0 Å². The molecule has 8 heteroatoms. The molecule has 0 saturated carbocycles. The van der Waals surface area contributed by atoms with Crippen LogP contribution in [0, 0.1) is 6.92 Å². The van der Waals surface area contributed by atoms with Gasteiger partial charge in [-0.3, -0.25) is 9.59 Å². The second kappa shape index (κ2) is 8.30. The minimum absolute atomic E-state index is 0.257. The Morgan fingerprint density at radius 2 is 2.04 bits per heavy atom. The van der Waals surface area contributed by atoms with E-state index in [0.29, 0.717) is 17.2 Å². The molecule has 1 aliphatic heterocycles. The minimum Gasteiger partial charge on any atom is -0.466 e. The van der Waals surface area contributed by atoms with Crippen molar-refractivity contribution in [3.8, 4) is 0 Å². The number of furan rings is 1. The molecule has 2 aromatic rings. The SMILES string of the molecule is CC(=O)N1[C@@H](c2ccco2)SC[C@H]1C(=O)OCC(=O)Nc1ccccc1C. The van der Waals surface area contributed by atoms with Crippen molar-refractivity contribution >= 4 is 35.2 Å². The molecule has 1 fully saturated rings. The quantitative estimate of drug-likeness (QED) is 0.793. The summed E-state index contributed by atoms with van der Waals surface area (Å²) in [5.41, 5.74) is 1.58. The largest absolute Gasteiger partial charge is 0.466 e. The lowest BCUT2D eigenvalue weighted by Crippen LogP contribution is -2.43. The van der Waals surface area contributed by atoms with Gasteiger partial charge in [0.25, 0.3) is 5.91 Å². The van der Waals surface area contributed by atoms with E-state index in [2.05, 4.69) is 5.32 Å². The van der Waals surface area contributed by atoms with Gasteiger partial charge in [-0.15, -0.1) is 11.8 Å². The highest BCUT2D eigenvalue weighted by molar-refractivity contribution is 7.99. The Bertz CT molecular complexity index is 836. The molecular weight excluding hydrogens is 368 g/mol. The average molecular weight is 388 g/mol. The number of hydrogen-bond donors (Lipinski definition) is 1. The molecule has 1 saturated heterocycles. The lowest BCUT2D eigenvalue weighted by Gasteiger charge is -2.25. The minimum atomic E-state index is -0.756. The molecule has 1 aliphatic rings. The summed E-state index contributed by atoms with van der Waals surface area (Å²) in [5.74, 6) is -0.314. The lowest BCUT2D eigenvalue weighted by atomic mass is 10.2. The molecule has 0 unspecified atom stereocenters. The van der Waals surface area contributed by atoms with Gasteiger partial charge >= 0.3 is 5.97 Å². The molecule has 7 nitrogen and oxygen atoms in total. The molecule has 1 N–H and O–H groups in total. The number of hydrogen-bond acceptors (Lipinski definition) is 6. The van der Waals surface area contributed by atoms with Crippen LogP contribution in [-0.2, 0) is 19.1 Å². The zero-order valence-corrected chi connectivity index (χ0v) is 15.8. The maximum atomic E-state index is 12.5. The van der Waals surface area contributed by atoms with E-state index in [1.54, 1.807) is 18.2 Å². The highest BCUT2D eigenvalue weighted by Gasteiger charge is 2.43. The number of rotatable bonds is 5. The second-order valence-electron chi connectivity index (χ2n) is 6.11. The molecule has 0 aliphatic carbocycles. The number of ether oxygens (including phenoxy) is 1. The molecule has 27 heavy (non-hydrogen) atoms. The maximum Gasteiger partial charge on any atom is 0.330 e. The third-order valence-corrected chi connectivity index (χ3v) is 5.47. The third kappa shape index (κ3) is 4.33. The molecule has 3 rings (SSSR count). The van der Waals surface area contributed by atoms with Crippen molar-refractivity contribution in [2.75, 3.05) is 17.7 Å².